The summed E-state index contributed by atoms with van der Waals surface area (Å²) < 4.78 is 21.1. The second kappa shape index (κ2) is 8.83. The summed E-state index contributed by atoms with van der Waals surface area (Å²) in [6.45, 7) is 4.89. The van der Waals surface area contributed by atoms with E-state index in [1.54, 1.807) is 18.2 Å². The Morgan fingerprint density at radius 1 is 0.871 bits per heavy atom. The first-order valence-electron chi connectivity index (χ1n) is 10.2. The minimum atomic E-state index is -1.28. The van der Waals surface area contributed by atoms with Crippen LogP contribution >= 0.6 is 0 Å². The summed E-state index contributed by atoms with van der Waals surface area (Å²) in [5.41, 5.74) is -0.267. The molecule has 2 atom stereocenters. The van der Waals surface area contributed by atoms with Gasteiger partial charge in [-0.25, -0.2) is 14.4 Å². The van der Waals surface area contributed by atoms with E-state index in [1.807, 2.05) is 6.92 Å². The topological polar surface area (TPSA) is 108 Å². The highest BCUT2D eigenvalue weighted by Crippen LogP contribution is 2.42. The van der Waals surface area contributed by atoms with Crippen LogP contribution in [0.2, 0.25) is 0 Å². The second-order valence-corrected chi connectivity index (χ2v) is 8.06. The van der Waals surface area contributed by atoms with Crippen LogP contribution in [0.5, 0.6) is 0 Å². The number of hydrogen-bond donors (Lipinski definition) is 1. The van der Waals surface area contributed by atoms with Crippen molar-refractivity contribution in [2.45, 2.75) is 58.0 Å². The minimum absolute atomic E-state index is 0.00170. The Morgan fingerprint density at radius 2 is 1.52 bits per heavy atom. The molecule has 2 aliphatic heterocycles. The number of hydrogen-bond acceptors (Lipinski definition) is 8. The van der Waals surface area contributed by atoms with Crippen molar-refractivity contribution < 1.29 is 38.4 Å². The van der Waals surface area contributed by atoms with Crippen LogP contribution in [-0.4, -0.2) is 34.6 Å². The van der Waals surface area contributed by atoms with E-state index < -0.39 is 35.4 Å². The zero-order chi connectivity index (χ0) is 22.6. The number of carbonyl (C=O) groups excluding carboxylic acids is 3. The SMILES string of the molecule is CC1CCCCC12OC(=O)C(/C=C/C=C/C=C/C=C1C(=O)OC(C)(C)OC1=O)=C(O)O2. The highest BCUT2D eigenvalue weighted by atomic mass is 16.8. The Morgan fingerprint density at radius 3 is 2.16 bits per heavy atom. The molecule has 1 N–H and O–H groups in total. The highest BCUT2D eigenvalue weighted by molar-refractivity contribution is 6.15. The van der Waals surface area contributed by atoms with Crippen molar-refractivity contribution in [3.8, 4) is 0 Å². The predicted octanol–water partition coefficient (Wildman–Crippen LogP) is 3.67. The average molecular weight is 430 g/mol. The van der Waals surface area contributed by atoms with Gasteiger partial charge < -0.3 is 24.1 Å². The molecule has 2 fully saturated rings. The summed E-state index contributed by atoms with van der Waals surface area (Å²) in [5, 5.41) is 10.2. The second-order valence-electron chi connectivity index (χ2n) is 8.06. The Labute approximate surface area is 180 Å². The van der Waals surface area contributed by atoms with Gasteiger partial charge in [0.2, 0.25) is 0 Å². The Kier molecular flexibility index (Phi) is 6.38. The molecule has 0 radical (unpaired) electrons. The molecule has 31 heavy (non-hydrogen) atoms. The van der Waals surface area contributed by atoms with Crippen molar-refractivity contribution in [3.05, 3.63) is 59.6 Å². The first-order valence-corrected chi connectivity index (χ1v) is 10.2. The van der Waals surface area contributed by atoms with Crippen molar-refractivity contribution in [2.24, 2.45) is 5.92 Å². The quantitative estimate of drug-likeness (QED) is 0.312. The maximum Gasteiger partial charge on any atom is 0.348 e. The molecule has 0 amide bonds. The van der Waals surface area contributed by atoms with Gasteiger partial charge in [0.1, 0.15) is 11.1 Å². The van der Waals surface area contributed by atoms with Gasteiger partial charge in [-0.05, 0) is 25.0 Å². The molecular weight excluding hydrogens is 404 g/mol. The van der Waals surface area contributed by atoms with Crippen LogP contribution < -0.4 is 0 Å². The average Bonchev–Trinajstić information content (AvgIpc) is 2.66. The number of cyclic esters (lactones) is 2. The molecule has 2 unspecified atom stereocenters. The number of ether oxygens (including phenoxy) is 4. The number of carbonyl (C=O) groups is 3. The number of aliphatic hydroxyl groups is 1. The highest BCUT2D eigenvalue weighted by Gasteiger charge is 2.48. The molecule has 1 saturated heterocycles. The molecule has 1 aliphatic carbocycles. The molecule has 2 heterocycles. The zero-order valence-corrected chi connectivity index (χ0v) is 17.8. The number of esters is 3. The van der Waals surface area contributed by atoms with Crippen molar-refractivity contribution in [3.63, 3.8) is 0 Å². The third kappa shape index (κ3) is 5.07. The third-order valence-corrected chi connectivity index (χ3v) is 5.24. The fraction of sp³-hybridized carbons (Fsp3) is 0.435. The van der Waals surface area contributed by atoms with Crippen LogP contribution in [0.15, 0.2) is 59.6 Å². The Hall–Kier alpha value is -3.29. The van der Waals surface area contributed by atoms with Gasteiger partial charge in [0.15, 0.2) is 0 Å². The summed E-state index contributed by atoms with van der Waals surface area (Å²) in [4.78, 5) is 36.0. The number of rotatable bonds is 4. The summed E-state index contributed by atoms with van der Waals surface area (Å²) in [7, 11) is 0. The van der Waals surface area contributed by atoms with Crippen molar-refractivity contribution in [1.82, 2.24) is 0 Å². The lowest BCUT2D eigenvalue weighted by Gasteiger charge is -2.43. The van der Waals surface area contributed by atoms with Crippen LogP contribution in [0.25, 0.3) is 0 Å². The van der Waals surface area contributed by atoms with Crippen LogP contribution in [0.3, 0.4) is 0 Å². The van der Waals surface area contributed by atoms with E-state index >= 15 is 0 Å². The largest absolute Gasteiger partial charge is 0.480 e. The molecule has 0 bridgehead atoms. The predicted molar refractivity (Wildman–Crippen MR) is 109 cm³/mol. The maximum absolute atomic E-state index is 12.4. The van der Waals surface area contributed by atoms with Gasteiger partial charge in [-0.3, -0.25) is 0 Å². The molecule has 0 aromatic rings. The first kappa shape index (κ1) is 22.4. The van der Waals surface area contributed by atoms with E-state index in [0.717, 1.165) is 19.3 Å². The van der Waals surface area contributed by atoms with Crippen LogP contribution in [-0.2, 0) is 33.3 Å². The van der Waals surface area contributed by atoms with Gasteiger partial charge in [0, 0.05) is 26.2 Å². The molecule has 3 rings (SSSR count). The van der Waals surface area contributed by atoms with Gasteiger partial charge >= 0.3 is 17.9 Å². The first-order chi connectivity index (χ1) is 14.6. The van der Waals surface area contributed by atoms with Crippen molar-refractivity contribution in [2.75, 3.05) is 0 Å². The van der Waals surface area contributed by atoms with Gasteiger partial charge in [0.05, 0.1) is 0 Å². The molecule has 166 valence electrons. The molecule has 8 nitrogen and oxygen atoms in total. The van der Waals surface area contributed by atoms with Gasteiger partial charge in [-0.15, -0.1) is 0 Å². The van der Waals surface area contributed by atoms with Gasteiger partial charge in [-0.1, -0.05) is 43.7 Å². The van der Waals surface area contributed by atoms with E-state index in [1.165, 1.54) is 38.2 Å². The van der Waals surface area contributed by atoms with E-state index in [2.05, 4.69) is 0 Å². The lowest BCUT2D eigenvalue weighted by atomic mass is 9.84. The molecule has 8 heteroatoms. The molecule has 0 aromatic heterocycles. The summed E-state index contributed by atoms with van der Waals surface area (Å²) in [5.74, 6) is -4.93. The molecule has 3 aliphatic rings. The van der Waals surface area contributed by atoms with Gasteiger partial charge in [-0.2, -0.15) is 0 Å². The van der Waals surface area contributed by atoms with Crippen LogP contribution in [0.1, 0.15) is 46.5 Å². The normalized spacial score (nSPS) is 28.8. The van der Waals surface area contributed by atoms with E-state index in [9.17, 15) is 19.5 Å². The fourth-order valence-electron chi connectivity index (χ4n) is 3.56. The summed E-state index contributed by atoms with van der Waals surface area (Å²) >= 11 is 0. The maximum atomic E-state index is 12.4. The fourth-order valence-corrected chi connectivity index (χ4v) is 3.56. The lowest BCUT2D eigenvalue weighted by molar-refractivity contribution is -0.269. The smallest absolute Gasteiger partial charge is 0.348 e. The molecule has 0 aromatic carbocycles. The Balaban J connectivity index is 1.60. The van der Waals surface area contributed by atoms with E-state index in [0.29, 0.717) is 6.42 Å². The molecule has 1 saturated carbocycles. The van der Waals surface area contributed by atoms with Crippen LogP contribution in [0, 0.1) is 5.92 Å². The van der Waals surface area contributed by atoms with Crippen LogP contribution in [0.4, 0.5) is 0 Å². The number of aliphatic hydroxyl groups excluding tert-OH is 1. The monoisotopic (exact) mass is 430 g/mol. The zero-order valence-electron chi connectivity index (χ0n) is 17.8. The number of allylic oxidation sites excluding steroid dienone is 6. The minimum Gasteiger partial charge on any atom is -0.480 e. The van der Waals surface area contributed by atoms with E-state index in [-0.39, 0.29) is 17.1 Å². The Bertz CT molecular complexity index is 896. The summed E-state index contributed by atoms with van der Waals surface area (Å²) in [6, 6.07) is 0. The molecular formula is C23H26O8. The summed E-state index contributed by atoms with van der Waals surface area (Å²) in [6.07, 6.45) is 13.8. The molecule has 1 spiro atoms. The van der Waals surface area contributed by atoms with Crippen molar-refractivity contribution >= 4 is 17.9 Å². The standard InChI is InChI=1S/C23H26O8/c1-15-11-9-10-14-23(15)30-20(26)17(21(27)31-23)13-8-6-4-5-7-12-16-18(24)28-22(2,3)29-19(16)25/h4-8,12-13,15,26H,9-11,14H2,1-3H3/b6-4+,7-5+,13-8+. The van der Waals surface area contributed by atoms with Crippen molar-refractivity contribution in [1.29, 1.82) is 0 Å². The van der Waals surface area contributed by atoms with Gasteiger partial charge in [0.25, 0.3) is 17.5 Å². The lowest BCUT2D eigenvalue weighted by Crippen LogP contribution is -2.49. The third-order valence-electron chi connectivity index (χ3n) is 5.24. The van der Waals surface area contributed by atoms with E-state index in [4.69, 9.17) is 18.9 Å².